The van der Waals surface area contributed by atoms with E-state index in [0.29, 0.717) is 11.6 Å². The SMILES string of the molecule is CCOC(=O)C(=O)/C=C(\O)c1oc(S(C)(=O)=O)cc1Cc1ccc(F)cc1. The Balaban J connectivity index is 2.44. The lowest BCUT2D eigenvalue weighted by atomic mass is 10.0. The van der Waals surface area contributed by atoms with Gasteiger partial charge in [0.2, 0.25) is 14.9 Å². The number of ketones is 1. The Labute approximate surface area is 155 Å². The highest BCUT2D eigenvalue weighted by atomic mass is 32.2. The number of rotatable bonds is 7. The first-order chi connectivity index (χ1) is 12.6. The van der Waals surface area contributed by atoms with E-state index in [4.69, 9.17) is 4.42 Å². The molecular formula is C18H17FO7S. The minimum Gasteiger partial charge on any atom is -0.504 e. The summed E-state index contributed by atoms with van der Waals surface area (Å²) in [5.41, 5.74) is 0.857. The van der Waals surface area contributed by atoms with Crippen LogP contribution in [0.5, 0.6) is 0 Å². The van der Waals surface area contributed by atoms with Crippen molar-refractivity contribution in [1.29, 1.82) is 0 Å². The highest BCUT2D eigenvalue weighted by Crippen LogP contribution is 2.27. The van der Waals surface area contributed by atoms with Crippen LogP contribution in [0.2, 0.25) is 0 Å². The fourth-order valence-corrected chi connectivity index (χ4v) is 2.80. The number of benzene rings is 1. The van der Waals surface area contributed by atoms with Crippen molar-refractivity contribution < 1.29 is 36.7 Å². The van der Waals surface area contributed by atoms with Crippen molar-refractivity contribution in [3.05, 3.63) is 59.1 Å². The van der Waals surface area contributed by atoms with E-state index in [1.165, 1.54) is 37.3 Å². The number of sulfone groups is 1. The second kappa shape index (κ2) is 8.17. The van der Waals surface area contributed by atoms with Crippen LogP contribution in [0.25, 0.3) is 5.76 Å². The number of esters is 1. The molecule has 1 aromatic carbocycles. The molecule has 0 spiro atoms. The summed E-state index contributed by atoms with van der Waals surface area (Å²) in [5, 5.41) is 9.76. The zero-order valence-corrected chi connectivity index (χ0v) is 15.4. The minimum absolute atomic E-state index is 0.0199. The van der Waals surface area contributed by atoms with Gasteiger partial charge in [-0.05, 0) is 24.6 Å². The molecule has 0 amide bonds. The van der Waals surface area contributed by atoms with Crippen molar-refractivity contribution in [1.82, 2.24) is 0 Å². The quantitative estimate of drug-likeness (QED) is 0.331. The van der Waals surface area contributed by atoms with Crippen molar-refractivity contribution in [2.75, 3.05) is 12.9 Å². The first-order valence-corrected chi connectivity index (χ1v) is 9.70. The third kappa shape index (κ3) is 5.27. The third-order valence-electron chi connectivity index (χ3n) is 3.44. The number of hydrogen-bond acceptors (Lipinski definition) is 7. The van der Waals surface area contributed by atoms with Gasteiger partial charge in [0.25, 0.3) is 5.78 Å². The topological polar surface area (TPSA) is 111 Å². The fraction of sp³-hybridized carbons (Fsp3) is 0.222. The summed E-state index contributed by atoms with van der Waals surface area (Å²) in [6.07, 6.45) is 1.61. The number of carbonyl (C=O) groups excluding carboxylic acids is 2. The maximum absolute atomic E-state index is 13.0. The summed E-state index contributed by atoms with van der Waals surface area (Å²) in [5.74, 6) is -3.73. The average molecular weight is 396 g/mol. The molecule has 0 atom stereocenters. The van der Waals surface area contributed by atoms with Crippen molar-refractivity contribution in [2.24, 2.45) is 0 Å². The lowest BCUT2D eigenvalue weighted by molar-refractivity contribution is -0.151. The Morgan fingerprint density at radius 2 is 1.89 bits per heavy atom. The van der Waals surface area contributed by atoms with Gasteiger partial charge in [-0.15, -0.1) is 0 Å². The molecule has 0 aliphatic carbocycles. The molecule has 0 bridgehead atoms. The van der Waals surface area contributed by atoms with Gasteiger partial charge < -0.3 is 14.3 Å². The van der Waals surface area contributed by atoms with Crippen molar-refractivity contribution in [3.63, 3.8) is 0 Å². The Kier molecular flexibility index (Phi) is 6.17. The Morgan fingerprint density at radius 3 is 2.44 bits per heavy atom. The summed E-state index contributed by atoms with van der Waals surface area (Å²) in [4.78, 5) is 23.1. The van der Waals surface area contributed by atoms with E-state index < -0.39 is 38.3 Å². The molecule has 1 aromatic heterocycles. The highest BCUT2D eigenvalue weighted by Gasteiger charge is 2.23. The van der Waals surface area contributed by atoms with Crippen LogP contribution >= 0.6 is 0 Å². The molecule has 144 valence electrons. The van der Waals surface area contributed by atoms with Gasteiger partial charge in [0, 0.05) is 30.4 Å². The molecule has 2 rings (SSSR count). The van der Waals surface area contributed by atoms with Crippen LogP contribution in [0, 0.1) is 5.82 Å². The van der Waals surface area contributed by atoms with Crippen molar-refractivity contribution in [2.45, 2.75) is 18.4 Å². The van der Waals surface area contributed by atoms with E-state index in [-0.39, 0.29) is 24.4 Å². The van der Waals surface area contributed by atoms with Gasteiger partial charge in [0.1, 0.15) is 5.82 Å². The largest absolute Gasteiger partial charge is 0.504 e. The second-order valence-electron chi connectivity index (χ2n) is 5.61. The first-order valence-electron chi connectivity index (χ1n) is 7.81. The van der Waals surface area contributed by atoms with Crippen molar-refractivity contribution in [3.8, 4) is 0 Å². The number of carbonyl (C=O) groups is 2. The maximum Gasteiger partial charge on any atom is 0.379 e. The van der Waals surface area contributed by atoms with Gasteiger partial charge in [-0.3, -0.25) is 4.79 Å². The van der Waals surface area contributed by atoms with Crippen LogP contribution in [0.3, 0.4) is 0 Å². The van der Waals surface area contributed by atoms with E-state index in [2.05, 4.69) is 4.74 Å². The number of furan rings is 1. The number of ether oxygens (including phenoxy) is 1. The molecule has 0 aliphatic rings. The number of aliphatic hydroxyl groups is 1. The summed E-state index contributed by atoms with van der Waals surface area (Å²) in [6, 6.07) is 6.62. The van der Waals surface area contributed by atoms with Gasteiger partial charge in [-0.2, -0.15) is 0 Å². The predicted octanol–water partition coefficient (Wildman–Crippen LogP) is 2.44. The lowest BCUT2D eigenvalue weighted by Gasteiger charge is -2.03. The van der Waals surface area contributed by atoms with E-state index in [1.54, 1.807) is 0 Å². The molecule has 2 aromatic rings. The lowest BCUT2D eigenvalue weighted by Crippen LogP contribution is -2.15. The summed E-state index contributed by atoms with van der Waals surface area (Å²) in [7, 11) is -3.73. The van der Waals surface area contributed by atoms with Gasteiger partial charge in [-0.1, -0.05) is 12.1 Å². The van der Waals surface area contributed by atoms with Crippen LogP contribution in [0.15, 0.2) is 45.9 Å². The Morgan fingerprint density at radius 1 is 1.26 bits per heavy atom. The van der Waals surface area contributed by atoms with Gasteiger partial charge >= 0.3 is 5.97 Å². The Hall–Kier alpha value is -2.94. The molecular weight excluding hydrogens is 379 g/mol. The number of halogens is 1. The first kappa shape index (κ1) is 20.4. The van der Waals surface area contributed by atoms with Gasteiger partial charge in [0.15, 0.2) is 11.5 Å². The monoisotopic (exact) mass is 396 g/mol. The molecule has 0 saturated carbocycles. The molecule has 7 nitrogen and oxygen atoms in total. The number of hydrogen-bond donors (Lipinski definition) is 1. The van der Waals surface area contributed by atoms with E-state index in [0.717, 1.165) is 6.26 Å². The van der Waals surface area contributed by atoms with E-state index in [1.807, 2.05) is 0 Å². The molecule has 0 saturated heterocycles. The molecule has 1 N–H and O–H groups in total. The summed E-state index contributed by atoms with van der Waals surface area (Å²) in [6.45, 7) is 1.49. The second-order valence-corrected chi connectivity index (χ2v) is 7.56. The smallest absolute Gasteiger partial charge is 0.379 e. The molecule has 0 unspecified atom stereocenters. The Bertz CT molecular complexity index is 985. The van der Waals surface area contributed by atoms with Crippen molar-refractivity contribution >= 4 is 27.3 Å². The molecule has 0 aliphatic heterocycles. The van der Waals surface area contributed by atoms with Crippen LogP contribution < -0.4 is 0 Å². The molecule has 27 heavy (non-hydrogen) atoms. The van der Waals surface area contributed by atoms with Gasteiger partial charge in [-0.25, -0.2) is 17.6 Å². The van der Waals surface area contributed by atoms with Crippen LogP contribution in [0.1, 0.15) is 23.8 Å². The standard InChI is InChI=1S/C18H17FO7S/c1-3-25-18(22)15(21)10-14(20)17-12(9-16(26-17)27(2,23)24)8-11-4-6-13(19)7-5-11/h4-7,9-10,20H,3,8H2,1-2H3/b14-10-. The molecule has 1 heterocycles. The zero-order chi connectivity index (χ0) is 20.2. The maximum atomic E-state index is 13.0. The molecule has 9 heteroatoms. The molecule has 0 radical (unpaired) electrons. The number of aliphatic hydroxyl groups excluding tert-OH is 1. The molecule has 0 fully saturated rings. The van der Waals surface area contributed by atoms with Crippen LogP contribution in [-0.4, -0.2) is 38.1 Å². The zero-order valence-electron chi connectivity index (χ0n) is 14.6. The highest BCUT2D eigenvalue weighted by molar-refractivity contribution is 7.90. The summed E-state index contributed by atoms with van der Waals surface area (Å²) < 4.78 is 46.3. The predicted molar refractivity (Wildman–Crippen MR) is 93.3 cm³/mol. The van der Waals surface area contributed by atoms with Gasteiger partial charge in [0.05, 0.1) is 6.61 Å². The van der Waals surface area contributed by atoms with E-state index in [9.17, 15) is 27.5 Å². The normalized spacial score (nSPS) is 12.0. The fourth-order valence-electron chi connectivity index (χ4n) is 2.21. The summed E-state index contributed by atoms with van der Waals surface area (Å²) >= 11 is 0. The van der Waals surface area contributed by atoms with Crippen LogP contribution in [-0.2, 0) is 30.6 Å². The van der Waals surface area contributed by atoms with Crippen LogP contribution in [0.4, 0.5) is 4.39 Å². The van der Waals surface area contributed by atoms with E-state index >= 15 is 0 Å². The average Bonchev–Trinajstić information content (AvgIpc) is 3.01. The minimum atomic E-state index is -3.73. The third-order valence-corrected chi connectivity index (χ3v) is 4.37.